The van der Waals surface area contributed by atoms with Gasteiger partial charge in [-0.25, -0.2) is 8.42 Å². The van der Waals surface area contributed by atoms with Gasteiger partial charge in [0, 0.05) is 12.2 Å². The van der Waals surface area contributed by atoms with Crippen molar-refractivity contribution in [2.75, 3.05) is 22.8 Å². The van der Waals surface area contributed by atoms with Crippen LogP contribution in [0.3, 0.4) is 0 Å². The molecule has 1 aliphatic rings. The average Bonchev–Trinajstić information content (AvgIpc) is 2.79. The van der Waals surface area contributed by atoms with E-state index in [0.717, 1.165) is 12.0 Å². The highest BCUT2D eigenvalue weighted by atomic mass is 32.2. The Morgan fingerprint density at radius 1 is 1.03 bits per heavy atom. The fourth-order valence-electron chi connectivity index (χ4n) is 3.74. The molecule has 0 aromatic heterocycles. The van der Waals surface area contributed by atoms with Gasteiger partial charge in [0.25, 0.3) is 15.9 Å². The first-order valence-electron chi connectivity index (χ1n) is 10.2. The molecule has 0 saturated carbocycles. The van der Waals surface area contributed by atoms with Crippen molar-refractivity contribution in [1.29, 1.82) is 0 Å². The maximum absolute atomic E-state index is 13.1. The van der Waals surface area contributed by atoms with Gasteiger partial charge in [0.05, 0.1) is 22.8 Å². The number of benzene rings is 3. The molecule has 0 saturated heterocycles. The number of nitrogens with one attached hydrogen (secondary N) is 1. The van der Waals surface area contributed by atoms with Crippen LogP contribution in [0.25, 0.3) is 0 Å². The van der Waals surface area contributed by atoms with E-state index in [1.807, 2.05) is 19.1 Å². The predicted molar refractivity (Wildman–Crippen MR) is 121 cm³/mol. The Kier molecular flexibility index (Phi) is 5.95. The fourth-order valence-corrected chi connectivity index (χ4v) is 5.31. The second-order valence-electron chi connectivity index (χ2n) is 7.22. The van der Waals surface area contributed by atoms with E-state index in [1.165, 1.54) is 4.31 Å². The van der Waals surface area contributed by atoms with E-state index in [9.17, 15) is 13.2 Å². The minimum absolute atomic E-state index is 0.270. The van der Waals surface area contributed by atoms with Gasteiger partial charge in [-0.3, -0.25) is 9.10 Å². The Morgan fingerprint density at radius 3 is 2.55 bits per heavy atom. The molecule has 3 aromatic rings. The lowest BCUT2D eigenvalue weighted by molar-refractivity contribution is 0.102. The number of rotatable bonds is 6. The lowest BCUT2D eigenvalue weighted by Crippen LogP contribution is -2.35. The summed E-state index contributed by atoms with van der Waals surface area (Å²) in [7, 11) is -3.64. The van der Waals surface area contributed by atoms with E-state index in [2.05, 4.69) is 5.32 Å². The Hall–Kier alpha value is -3.32. The van der Waals surface area contributed by atoms with Gasteiger partial charge in [-0.15, -0.1) is 0 Å². The van der Waals surface area contributed by atoms with Crippen LogP contribution in [-0.2, 0) is 16.4 Å². The van der Waals surface area contributed by atoms with Gasteiger partial charge in [0.2, 0.25) is 0 Å². The Balaban J connectivity index is 1.60. The molecule has 1 N–H and O–H groups in total. The largest absolute Gasteiger partial charge is 0.493 e. The smallest absolute Gasteiger partial charge is 0.264 e. The molecular formula is C24H24N2O4S. The van der Waals surface area contributed by atoms with E-state index < -0.39 is 10.0 Å². The molecule has 1 aliphatic heterocycles. The number of sulfonamides is 1. The summed E-state index contributed by atoms with van der Waals surface area (Å²) in [5.41, 5.74) is 2.62. The lowest BCUT2D eigenvalue weighted by Gasteiger charge is -2.31. The van der Waals surface area contributed by atoms with Gasteiger partial charge in [-0.2, -0.15) is 0 Å². The number of ether oxygens (including phenoxy) is 1. The minimum atomic E-state index is -3.64. The third-order valence-electron chi connectivity index (χ3n) is 5.18. The van der Waals surface area contributed by atoms with Crippen molar-refractivity contribution in [3.63, 3.8) is 0 Å². The monoisotopic (exact) mass is 436 g/mol. The zero-order valence-electron chi connectivity index (χ0n) is 17.2. The van der Waals surface area contributed by atoms with Crippen LogP contribution in [0.5, 0.6) is 5.75 Å². The summed E-state index contributed by atoms with van der Waals surface area (Å²) in [6.07, 6.45) is 1.46. The number of hydrogen-bond donors (Lipinski definition) is 1. The highest BCUT2D eigenvalue weighted by Crippen LogP contribution is 2.34. The molecule has 1 heterocycles. The third kappa shape index (κ3) is 4.27. The molecule has 0 atom stereocenters. The van der Waals surface area contributed by atoms with Crippen LogP contribution in [0.15, 0.2) is 77.7 Å². The first-order chi connectivity index (χ1) is 15.0. The van der Waals surface area contributed by atoms with Crippen molar-refractivity contribution in [3.05, 3.63) is 83.9 Å². The van der Waals surface area contributed by atoms with Crippen LogP contribution in [-0.4, -0.2) is 27.5 Å². The highest BCUT2D eigenvalue weighted by Gasteiger charge is 2.29. The van der Waals surface area contributed by atoms with Crippen LogP contribution in [0.2, 0.25) is 0 Å². The molecule has 0 aliphatic carbocycles. The summed E-state index contributed by atoms with van der Waals surface area (Å²) in [5.74, 6) is 0.258. The topological polar surface area (TPSA) is 75.7 Å². The average molecular weight is 437 g/mol. The molecule has 0 spiro atoms. The second-order valence-corrected chi connectivity index (χ2v) is 9.08. The van der Waals surface area contributed by atoms with Gasteiger partial charge < -0.3 is 10.1 Å². The van der Waals surface area contributed by atoms with E-state index in [1.54, 1.807) is 60.7 Å². The Bertz CT molecular complexity index is 1190. The number of para-hydroxylation sites is 1. The molecule has 1 amide bonds. The molecule has 0 fully saturated rings. The number of hydrogen-bond acceptors (Lipinski definition) is 4. The maximum Gasteiger partial charge on any atom is 0.264 e. The molecule has 4 rings (SSSR count). The number of carbonyl (C=O) groups is 1. The van der Waals surface area contributed by atoms with Gasteiger partial charge >= 0.3 is 0 Å². The van der Waals surface area contributed by atoms with Gasteiger partial charge in [0.1, 0.15) is 5.75 Å². The van der Waals surface area contributed by atoms with E-state index in [-0.39, 0.29) is 10.8 Å². The molecule has 0 radical (unpaired) electrons. The number of amides is 1. The third-order valence-corrected chi connectivity index (χ3v) is 7.00. The predicted octanol–water partition coefficient (Wildman–Crippen LogP) is 4.48. The summed E-state index contributed by atoms with van der Waals surface area (Å²) in [6, 6.07) is 20.9. The van der Waals surface area contributed by atoms with Crippen LogP contribution < -0.4 is 14.4 Å². The van der Waals surface area contributed by atoms with Crippen molar-refractivity contribution in [2.24, 2.45) is 0 Å². The van der Waals surface area contributed by atoms with Crippen LogP contribution >= 0.6 is 0 Å². The molecule has 0 bridgehead atoms. The number of carbonyl (C=O) groups excluding carboxylic acids is 1. The van der Waals surface area contributed by atoms with Crippen molar-refractivity contribution in [3.8, 4) is 5.75 Å². The number of anilines is 2. The molecule has 160 valence electrons. The summed E-state index contributed by atoms with van der Waals surface area (Å²) < 4.78 is 33.3. The highest BCUT2D eigenvalue weighted by molar-refractivity contribution is 7.92. The maximum atomic E-state index is 13.1. The number of aryl methyl sites for hydroxylation is 1. The van der Waals surface area contributed by atoms with Gasteiger partial charge in [-0.05, 0) is 67.8 Å². The van der Waals surface area contributed by atoms with Crippen LogP contribution in [0, 0.1) is 0 Å². The molecule has 6 nitrogen and oxygen atoms in total. The second kappa shape index (κ2) is 8.81. The van der Waals surface area contributed by atoms with Crippen molar-refractivity contribution < 1.29 is 17.9 Å². The van der Waals surface area contributed by atoms with Gasteiger partial charge in [-0.1, -0.05) is 30.3 Å². The molecule has 7 heteroatoms. The minimum Gasteiger partial charge on any atom is -0.493 e. The number of nitrogens with zero attached hydrogens (tertiary/aromatic N) is 1. The quantitative estimate of drug-likeness (QED) is 0.618. The van der Waals surface area contributed by atoms with Crippen molar-refractivity contribution in [2.45, 2.75) is 24.7 Å². The Morgan fingerprint density at radius 2 is 1.77 bits per heavy atom. The van der Waals surface area contributed by atoms with Crippen LogP contribution in [0.4, 0.5) is 11.4 Å². The van der Waals surface area contributed by atoms with Crippen molar-refractivity contribution >= 4 is 27.3 Å². The van der Waals surface area contributed by atoms with Crippen LogP contribution in [0.1, 0.15) is 29.3 Å². The Labute approximate surface area is 182 Å². The fraction of sp³-hybridized carbons (Fsp3) is 0.208. The first kappa shape index (κ1) is 20.9. The molecule has 3 aromatic carbocycles. The SMILES string of the molecule is CCOc1ccccc1C(=O)Nc1ccc2c(c1)CCCN2S(=O)(=O)c1ccccc1. The molecular weight excluding hydrogens is 412 g/mol. The normalized spacial score (nSPS) is 13.4. The summed E-state index contributed by atoms with van der Waals surface area (Å²) >= 11 is 0. The van der Waals surface area contributed by atoms with E-state index >= 15 is 0 Å². The standard InChI is InChI=1S/C24H24N2O4S/c1-2-30-23-13-7-6-12-21(23)24(27)25-19-14-15-22-18(17-19)9-8-16-26(22)31(28,29)20-10-4-3-5-11-20/h3-7,10-15,17H,2,8-9,16H2,1H3,(H,25,27). The molecule has 0 unspecified atom stereocenters. The lowest BCUT2D eigenvalue weighted by atomic mass is 10.0. The zero-order chi connectivity index (χ0) is 21.8. The summed E-state index contributed by atoms with van der Waals surface area (Å²) in [4.78, 5) is 13.1. The van der Waals surface area contributed by atoms with Gasteiger partial charge in [0.15, 0.2) is 0 Å². The van der Waals surface area contributed by atoms with E-state index in [0.29, 0.717) is 42.3 Å². The molecule has 31 heavy (non-hydrogen) atoms. The zero-order valence-corrected chi connectivity index (χ0v) is 18.1. The summed E-state index contributed by atoms with van der Waals surface area (Å²) in [6.45, 7) is 2.76. The van der Waals surface area contributed by atoms with E-state index in [4.69, 9.17) is 4.74 Å². The number of fused-ring (bicyclic) bond motifs is 1. The van der Waals surface area contributed by atoms with Crippen molar-refractivity contribution in [1.82, 2.24) is 0 Å². The summed E-state index contributed by atoms with van der Waals surface area (Å²) in [5, 5.41) is 2.91. The first-order valence-corrected chi connectivity index (χ1v) is 11.7.